The summed E-state index contributed by atoms with van der Waals surface area (Å²) < 4.78 is 5.69. The molecule has 6 nitrogen and oxygen atoms in total. The molecular weight excluding hydrogens is 370 g/mol. The summed E-state index contributed by atoms with van der Waals surface area (Å²) in [5.74, 6) is 0.0513. The fraction of sp³-hybridized carbons (Fsp3) is 0.478. The van der Waals surface area contributed by atoms with E-state index in [4.69, 9.17) is 4.74 Å². The molecule has 0 heterocycles. The van der Waals surface area contributed by atoms with E-state index in [1.807, 2.05) is 6.07 Å². The predicted octanol–water partition coefficient (Wildman–Crippen LogP) is 2.50. The highest BCUT2D eigenvalue weighted by atomic mass is 16.5. The molecule has 6 heteroatoms. The van der Waals surface area contributed by atoms with Crippen molar-refractivity contribution in [1.82, 2.24) is 5.32 Å². The van der Waals surface area contributed by atoms with Crippen molar-refractivity contribution < 1.29 is 25.5 Å². The summed E-state index contributed by atoms with van der Waals surface area (Å²) in [5, 5.41) is 32.2. The Bertz CT molecular complexity index is 666. The van der Waals surface area contributed by atoms with Crippen molar-refractivity contribution in [2.24, 2.45) is 0 Å². The molecule has 0 spiro atoms. The molecule has 0 radical (unpaired) electrons. The van der Waals surface area contributed by atoms with Crippen LogP contribution < -0.4 is 5.32 Å². The van der Waals surface area contributed by atoms with Crippen LogP contribution in [0.25, 0.3) is 0 Å². The Kier molecular flexibility index (Phi) is 12.9. The van der Waals surface area contributed by atoms with Crippen LogP contribution in [-0.2, 0) is 17.8 Å². The molecule has 0 aliphatic rings. The first-order valence-corrected chi connectivity index (χ1v) is 10.1. The van der Waals surface area contributed by atoms with Crippen molar-refractivity contribution in [3.05, 3.63) is 65.2 Å². The molecule has 2 rings (SSSR count). The maximum Gasteiger partial charge on any atom is 0.121 e. The molecule has 0 aromatic heterocycles. The lowest BCUT2D eigenvalue weighted by Gasteiger charge is -2.14. The molecule has 0 aliphatic heterocycles. The Labute approximate surface area is 173 Å². The number of phenols is 1. The van der Waals surface area contributed by atoms with Gasteiger partial charge in [0.2, 0.25) is 0 Å². The molecule has 29 heavy (non-hydrogen) atoms. The number of ether oxygens (including phenoxy) is 1. The Morgan fingerprint density at radius 1 is 0.931 bits per heavy atom. The van der Waals surface area contributed by atoms with Gasteiger partial charge in [0.15, 0.2) is 0 Å². The number of unbranched alkanes of at least 4 members (excludes halogenated alkanes) is 3. The zero-order valence-corrected chi connectivity index (χ0v) is 17.0. The van der Waals surface area contributed by atoms with Crippen LogP contribution in [0.3, 0.4) is 0 Å². The summed E-state index contributed by atoms with van der Waals surface area (Å²) in [7, 11) is 0. The summed E-state index contributed by atoms with van der Waals surface area (Å²) in [4.78, 5) is 0. The highest BCUT2D eigenvalue weighted by molar-refractivity contribution is 5.36. The van der Waals surface area contributed by atoms with E-state index in [1.165, 1.54) is 11.6 Å². The number of hydrogen-bond donors (Lipinski definition) is 4. The molecule has 2 aromatic carbocycles. The lowest BCUT2D eigenvalue weighted by molar-refractivity contribution is 0.133. The molecule has 162 valence electrons. The maximum atomic E-state index is 10.2. The number of aliphatic hydroxyl groups is 2. The van der Waals surface area contributed by atoms with E-state index >= 15 is 0 Å². The van der Waals surface area contributed by atoms with E-state index in [2.05, 4.69) is 29.6 Å². The smallest absolute Gasteiger partial charge is 0.121 e. The standard InChI is InChI=1S/C23H33NO4.H2O/c25-18-21-16-20(10-11-22(21)26)23(27)17-24-13-6-1-2-7-14-28-15-12-19-8-4-3-5-9-19;/h3-5,8-11,16,23-27H,1-2,6-7,12-15,17-18H2;1H2. The van der Waals surface area contributed by atoms with Crippen LogP contribution in [0.15, 0.2) is 48.5 Å². The van der Waals surface area contributed by atoms with Crippen molar-refractivity contribution >= 4 is 0 Å². The number of rotatable bonds is 14. The molecule has 1 atom stereocenters. The lowest BCUT2D eigenvalue weighted by Crippen LogP contribution is -2.22. The largest absolute Gasteiger partial charge is 0.508 e. The van der Waals surface area contributed by atoms with Gasteiger partial charge in [0.25, 0.3) is 0 Å². The number of benzene rings is 2. The highest BCUT2D eigenvalue weighted by Crippen LogP contribution is 2.22. The maximum absolute atomic E-state index is 10.2. The minimum Gasteiger partial charge on any atom is -0.508 e. The van der Waals surface area contributed by atoms with Gasteiger partial charge in [0.1, 0.15) is 5.75 Å². The summed E-state index contributed by atoms with van der Waals surface area (Å²) in [6.45, 7) is 2.66. The molecule has 0 saturated carbocycles. The first-order chi connectivity index (χ1) is 13.7. The predicted molar refractivity (Wildman–Crippen MR) is 115 cm³/mol. The number of nitrogens with one attached hydrogen (secondary N) is 1. The van der Waals surface area contributed by atoms with E-state index in [0.717, 1.165) is 51.9 Å². The first-order valence-electron chi connectivity index (χ1n) is 10.1. The third-order valence-electron chi connectivity index (χ3n) is 4.77. The minimum atomic E-state index is -0.649. The van der Waals surface area contributed by atoms with Crippen LogP contribution >= 0.6 is 0 Å². The van der Waals surface area contributed by atoms with E-state index in [0.29, 0.717) is 17.7 Å². The SMILES string of the molecule is O.OCc1cc(C(O)CNCCCCCCOCCc2ccccc2)ccc1O. The third-order valence-corrected chi connectivity index (χ3v) is 4.77. The topological polar surface area (TPSA) is 113 Å². The van der Waals surface area contributed by atoms with Crippen molar-refractivity contribution in [3.63, 3.8) is 0 Å². The van der Waals surface area contributed by atoms with E-state index < -0.39 is 6.10 Å². The summed E-state index contributed by atoms with van der Waals surface area (Å²) >= 11 is 0. The quantitative estimate of drug-likeness (QED) is 0.361. The molecule has 0 bridgehead atoms. The van der Waals surface area contributed by atoms with Gasteiger partial charge in [-0.2, -0.15) is 0 Å². The molecule has 2 aromatic rings. The van der Waals surface area contributed by atoms with Gasteiger partial charge in [-0.05, 0) is 49.1 Å². The Balaban J connectivity index is 0.00000420. The second-order valence-electron chi connectivity index (χ2n) is 7.03. The lowest BCUT2D eigenvalue weighted by atomic mass is 10.1. The van der Waals surface area contributed by atoms with Gasteiger partial charge in [0, 0.05) is 18.7 Å². The van der Waals surface area contributed by atoms with Crippen LogP contribution in [0.1, 0.15) is 48.5 Å². The van der Waals surface area contributed by atoms with E-state index in [1.54, 1.807) is 12.1 Å². The van der Waals surface area contributed by atoms with E-state index in [-0.39, 0.29) is 17.8 Å². The molecule has 0 fully saturated rings. The van der Waals surface area contributed by atoms with Crippen molar-refractivity contribution in [1.29, 1.82) is 0 Å². The Morgan fingerprint density at radius 2 is 1.69 bits per heavy atom. The molecule has 1 unspecified atom stereocenters. The second-order valence-corrected chi connectivity index (χ2v) is 7.03. The number of aromatic hydroxyl groups is 1. The van der Waals surface area contributed by atoms with Gasteiger partial charge in [-0.3, -0.25) is 0 Å². The highest BCUT2D eigenvalue weighted by Gasteiger charge is 2.09. The van der Waals surface area contributed by atoms with E-state index in [9.17, 15) is 15.3 Å². The van der Waals surface area contributed by atoms with Crippen LogP contribution in [0.4, 0.5) is 0 Å². The Hall–Kier alpha value is -1.96. The fourth-order valence-electron chi connectivity index (χ4n) is 3.04. The molecule has 6 N–H and O–H groups in total. The molecular formula is C23H35NO5. The monoisotopic (exact) mass is 405 g/mol. The van der Waals surface area contributed by atoms with Gasteiger partial charge < -0.3 is 30.8 Å². The third kappa shape index (κ3) is 9.87. The van der Waals surface area contributed by atoms with Crippen molar-refractivity contribution in [2.45, 2.75) is 44.8 Å². The van der Waals surface area contributed by atoms with Crippen LogP contribution in [0, 0.1) is 0 Å². The van der Waals surface area contributed by atoms with Gasteiger partial charge in [-0.25, -0.2) is 0 Å². The van der Waals surface area contributed by atoms with Gasteiger partial charge in [0.05, 0.1) is 19.3 Å². The average molecular weight is 406 g/mol. The fourth-order valence-corrected chi connectivity index (χ4v) is 3.04. The average Bonchev–Trinajstić information content (AvgIpc) is 2.73. The second kappa shape index (κ2) is 15.0. The molecule has 0 saturated heterocycles. The zero-order valence-electron chi connectivity index (χ0n) is 17.0. The molecule has 0 aliphatic carbocycles. The van der Waals surface area contributed by atoms with Crippen LogP contribution in [-0.4, -0.2) is 47.1 Å². The summed E-state index contributed by atoms with van der Waals surface area (Å²) in [6.07, 6.45) is 4.74. The number of aliphatic hydroxyl groups excluding tert-OH is 2. The normalized spacial score (nSPS) is 11.8. The summed E-state index contributed by atoms with van der Waals surface area (Å²) in [6, 6.07) is 15.2. The van der Waals surface area contributed by atoms with Gasteiger partial charge in [-0.1, -0.05) is 49.2 Å². The minimum absolute atomic E-state index is 0. The first kappa shape index (κ1) is 25.1. The summed E-state index contributed by atoms with van der Waals surface area (Å²) in [5.41, 5.74) is 2.44. The van der Waals surface area contributed by atoms with Crippen molar-refractivity contribution in [3.8, 4) is 5.75 Å². The molecule has 0 amide bonds. The van der Waals surface area contributed by atoms with Gasteiger partial charge >= 0.3 is 0 Å². The van der Waals surface area contributed by atoms with Crippen LogP contribution in [0.2, 0.25) is 0 Å². The van der Waals surface area contributed by atoms with Crippen molar-refractivity contribution in [2.75, 3.05) is 26.3 Å². The van der Waals surface area contributed by atoms with Gasteiger partial charge in [-0.15, -0.1) is 0 Å². The zero-order chi connectivity index (χ0) is 20.0. The Morgan fingerprint density at radius 3 is 2.45 bits per heavy atom. The number of hydrogen-bond acceptors (Lipinski definition) is 5. The van der Waals surface area contributed by atoms with Crippen LogP contribution in [0.5, 0.6) is 5.75 Å².